The number of nitrogen functional groups attached to an aromatic ring is 1. The van der Waals surface area contributed by atoms with E-state index in [1.54, 1.807) is 20.5 Å². The number of rotatable bonds is 11. The molecule has 0 fully saturated rings. The van der Waals surface area contributed by atoms with E-state index in [-0.39, 0.29) is 5.95 Å². The molecule has 9 heteroatoms. The summed E-state index contributed by atoms with van der Waals surface area (Å²) >= 11 is 0. The van der Waals surface area contributed by atoms with Crippen molar-refractivity contribution in [1.82, 2.24) is 19.5 Å². The summed E-state index contributed by atoms with van der Waals surface area (Å²) in [4.78, 5) is 12.9. The van der Waals surface area contributed by atoms with Crippen LogP contribution in [0.1, 0.15) is 42.0 Å². The van der Waals surface area contributed by atoms with E-state index in [1.165, 1.54) is 0 Å². The average Bonchev–Trinajstić information content (AvgIpc) is 3.53. The summed E-state index contributed by atoms with van der Waals surface area (Å²) in [5.74, 6) is 2.14. The minimum atomic E-state index is -1.25. The van der Waals surface area contributed by atoms with Crippen LogP contribution in [0.2, 0.25) is 0 Å². The molecular weight excluding hydrogens is 578 g/mol. The summed E-state index contributed by atoms with van der Waals surface area (Å²) in [5.41, 5.74) is 9.37. The molecule has 3 N–H and O–H groups in total. The van der Waals surface area contributed by atoms with Crippen LogP contribution in [-0.4, -0.2) is 38.8 Å². The van der Waals surface area contributed by atoms with Gasteiger partial charge in [-0.05, 0) is 52.9 Å². The molecule has 0 atom stereocenters. The zero-order valence-corrected chi connectivity index (χ0v) is 26.3. The molecule has 0 saturated carbocycles. The lowest BCUT2D eigenvalue weighted by Gasteiger charge is -2.30. The fraction of sp³-hybridized carbons (Fsp3) is 0.216. The number of aromatic nitrogens is 4. The van der Waals surface area contributed by atoms with Gasteiger partial charge in [-0.3, -0.25) is 0 Å². The predicted molar refractivity (Wildman–Crippen MR) is 180 cm³/mol. The van der Waals surface area contributed by atoms with Crippen LogP contribution in [0.5, 0.6) is 17.4 Å². The van der Waals surface area contributed by atoms with E-state index >= 15 is 0 Å². The highest BCUT2D eigenvalue weighted by molar-refractivity contribution is 5.77. The predicted octanol–water partition coefficient (Wildman–Crippen LogP) is 6.78. The number of benzene rings is 4. The van der Waals surface area contributed by atoms with E-state index in [2.05, 4.69) is 21.9 Å². The van der Waals surface area contributed by atoms with Crippen molar-refractivity contribution in [3.8, 4) is 17.4 Å². The molecule has 0 saturated heterocycles. The van der Waals surface area contributed by atoms with E-state index in [4.69, 9.17) is 19.9 Å². The zero-order chi connectivity index (χ0) is 32.4. The van der Waals surface area contributed by atoms with Crippen molar-refractivity contribution in [2.75, 3.05) is 20.0 Å². The number of nitrogens with zero attached hydrogens (tertiary/aromatic N) is 4. The molecule has 0 aliphatic rings. The second-order valence-corrected chi connectivity index (χ2v) is 10.7. The smallest absolute Gasteiger partial charge is 0.247 e. The highest BCUT2D eigenvalue weighted by Crippen LogP contribution is 2.37. The number of imidazole rings is 1. The van der Waals surface area contributed by atoms with Crippen LogP contribution in [0.4, 0.5) is 5.95 Å². The minimum Gasteiger partial charge on any atom is -0.497 e. The maximum absolute atomic E-state index is 11.7. The Morgan fingerprint density at radius 1 is 0.739 bits per heavy atom. The molecule has 0 bridgehead atoms. The summed E-state index contributed by atoms with van der Waals surface area (Å²) in [6.07, 6.45) is 3.94. The van der Waals surface area contributed by atoms with Gasteiger partial charge in [-0.15, -0.1) is 0 Å². The second-order valence-electron chi connectivity index (χ2n) is 10.7. The van der Waals surface area contributed by atoms with E-state index in [9.17, 15) is 5.11 Å². The Bertz CT molecular complexity index is 1760. The molecule has 9 nitrogen and oxygen atoms in total. The molecule has 6 rings (SSSR count). The first-order chi connectivity index (χ1) is 22.5. The number of aliphatic hydroxyl groups is 1. The Hall–Kier alpha value is -5.41. The number of nitrogens with two attached hydrogens (primary N) is 1. The van der Waals surface area contributed by atoms with E-state index < -0.39 is 5.60 Å². The van der Waals surface area contributed by atoms with Crippen LogP contribution in [0.25, 0.3) is 11.2 Å². The van der Waals surface area contributed by atoms with Gasteiger partial charge in [0.25, 0.3) is 0 Å². The molecule has 236 valence electrons. The van der Waals surface area contributed by atoms with Crippen molar-refractivity contribution < 1.29 is 19.3 Å². The largest absolute Gasteiger partial charge is 0.497 e. The van der Waals surface area contributed by atoms with Crippen molar-refractivity contribution in [3.63, 3.8) is 0 Å². The third-order valence-electron chi connectivity index (χ3n) is 7.63. The van der Waals surface area contributed by atoms with Gasteiger partial charge in [0.2, 0.25) is 11.8 Å². The number of unbranched alkanes of at least 4 members (excludes halogenated alkanes) is 1. The molecule has 6 aromatic rings. The van der Waals surface area contributed by atoms with Gasteiger partial charge in [0.05, 0.1) is 20.5 Å². The molecule has 0 unspecified atom stereocenters. The standard InChI is InChI=1S/C21H20O3.C16H19N5O/c1-23-19-12-8-17(9-13-19)21(22,16-6-4-3-5-7-16)18-10-14-20(24-2)15-11-18;1-2-3-9-21-11-18-13-14(21)19-16(17)20-15(13)22-10-12-7-5-4-6-8-12/h3-15,22H,1-2H3;4-8,11H,2-3,9-10H2,1H3,(H2,17,19,20). The maximum Gasteiger partial charge on any atom is 0.247 e. The van der Waals surface area contributed by atoms with Crippen LogP contribution in [-0.2, 0) is 18.8 Å². The first-order valence-electron chi connectivity index (χ1n) is 15.2. The fourth-order valence-corrected chi connectivity index (χ4v) is 5.10. The Balaban J connectivity index is 0.000000182. The lowest BCUT2D eigenvalue weighted by Crippen LogP contribution is -2.28. The van der Waals surface area contributed by atoms with Gasteiger partial charge in [-0.1, -0.05) is 98.3 Å². The number of hydrogen-bond acceptors (Lipinski definition) is 8. The number of methoxy groups -OCH3 is 2. The Kier molecular flexibility index (Phi) is 10.5. The van der Waals surface area contributed by atoms with Crippen LogP contribution in [0, 0.1) is 0 Å². The first kappa shape index (κ1) is 32.0. The Morgan fingerprint density at radius 2 is 1.28 bits per heavy atom. The van der Waals surface area contributed by atoms with Gasteiger partial charge in [0.1, 0.15) is 23.7 Å². The van der Waals surface area contributed by atoms with E-state index in [0.717, 1.165) is 58.8 Å². The van der Waals surface area contributed by atoms with Crippen molar-refractivity contribution in [2.45, 2.75) is 38.5 Å². The summed E-state index contributed by atoms with van der Waals surface area (Å²) in [6, 6.07) is 34.5. The lowest BCUT2D eigenvalue weighted by atomic mass is 9.80. The van der Waals surface area contributed by atoms with Crippen LogP contribution in [0.3, 0.4) is 0 Å². The van der Waals surface area contributed by atoms with Crippen LogP contribution >= 0.6 is 0 Å². The second kappa shape index (κ2) is 15.0. The summed E-state index contributed by atoms with van der Waals surface area (Å²) in [6.45, 7) is 3.44. The molecular formula is C37H39N5O4. The van der Waals surface area contributed by atoms with Gasteiger partial charge >= 0.3 is 0 Å². The monoisotopic (exact) mass is 617 g/mol. The average molecular weight is 618 g/mol. The maximum atomic E-state index is 11.7. The van der Waals surface area contributed by atoms with Crippen LogP contribution < -0.4 is 19.9 Å². The number of ether oxygens (including phenoxy) is 3. The number of aryl methyl sites for hydroxylation is 1. The van der Waals surface area contributed by atoms with Crippen LogP contribution in [0.15, 0.2) is 116 Å². The normalized spacial score (nSPS) is 11.0. The molecule has 46 heavy (non-hydrogen) atoms. The molecule has 0 aliphatic heterocycles. The Labute approximate surface area is 269 Å². The quantitative estimate of drug-likeness (QED) is 0.153. The SMILES string of the molecule is CCCCn1cnc2c(OCc3ccccc3)nc(N)nc21.COc1ccc(C(O)(c2ccccc2)c2ccc(OC)cc2)cc1. The minimum absolute atomic E-state index is 0.203. The van der Waals surface area contributed by atoms with Gasteiger partial charge in [-0.2, -0.15) is 9.97 Å². The highest BCUT2D eigenvalue weighted by Gasteiger charge is 2.33. The summed E-state index contributed by atoms with van der Waals surface area (Å²) < 4.78 is 18.2. The van der Waals surface area contributed by atoms with Crippen molar-refractivity contribution in [2.24, 2.45) is 0 Å². The Morgan fingerprint density at radius 3 is 1.83 bits per heavy atom. The van der Waals surface area contributed by atoms with Crippen molar-refractivity contribution in [3.05, 3.63) is 138 Å². The van der Waals surface area contributed by atoms with Crippen molar-refractivity contribution >= 4 is 17.1 Å². The molecule has 2 aromatic heterocycles. The van der Waals surface area contributed by atoms with E-state index in [1.807, 2.05) is 114 Å². The van der Waals surface area contributed by atoms with Gasteiger partial charge < -0.3 is 29.6 Å². The third-order valence-corrected chi connectivity index (χ3v) is 7.63. The first-order valence-corrected chi connectivity index (χ1v) is 15.2. The lowest BCUT2D eigenvalue weighted by molar-refractivity contribution is 0.125. The van der Waals surface area contributed by atoms with Gasteiger partial charge in [-0.25, -0.2) is 4.98 Å². The zero-order valence-electron chi connectivity index (χ0n) is 26.3. The summed E-state index contributed by atoms with van der Waals surface area (Å²) in [5, 5.41) is 11.7. The van der Waals surface area contributed by atoms with Crippen molar-refractivity contribution in [1.29, 1.82) is 0 Å². The van der Waals surface area contributed by atoms with E-state index in [0.29, 0.717) is 18.0 Å². The number of hydrogen-bond donors (Lipinski definition) is 2. The third kappa shape index (κ3) is 7.27. The molecule has 2 heterocycles. The summed E-state index contributed by atoms with van der Waals surface area (Å²) in [7, 11) is 3.25. The number of fused-ring (bicyclic) bond motifs is 1. The highest BCUT2D eigenvalue weighted by atomic mass is 16.5. The topological polar surface area (TPSA) is 118 Å². The number of anilines is 1. The molecule has 0 spiro atoms. The molecule has 4 aromatic carbocycles. The fourth-order valence-electron chi connectivity index (χ4n) is 5.10. The molecule has 0 radical (unpaired) electrons. The molecule has 0 amide bonds. The van der Waals surface area contributed by atoms with Gasteiger partial charge in [0.15, 0.2) is 11.2 Å². The molecule has 0 aliphatic carbocycles. The van der Waals surface area contributed by atoms with Gasteiger partial charge in [0, 0.05) is 6.54 Å².